The third kappa shape index (κ3) is 3.11. The summed E-state index contributed by atoms with van der Waals surface area (Å²) in [6.45, 7) is 0. The molecule has 0 unspecified atom stereocenters. The van der Waals surface area contributed by atoms with E-state index in [9.17, 15) is 0 Å². The van der Waals surface area contributed by atoms with E-state index in [2.05, 4.69) is 0 Å². The maximum absolute atomic E-state index is 8.19. The predicted molar refractivity (Wildman–Crippen MR) is 35.8 cm³/mol. The van der Waals surface area contributed by atoms with Crippen molar-refractivity contribution in [2.24, 2.45) is 11.5 Å². The molecule has 0 aliphatic heterocycles. The van der Waals surface area contributed by atoms with Gasteiger partial charge in [-0.15, -0.1) is 0 Å². The lowest BCUT2D eigenvalue weighted by atomic mass is 10.3. The number of hydrogen-bond donors (Lipinski definition) is 2. The van der Waals surface area contributed by atoms with E-state index in [0.29, 0.717) is 0 Å². The largest absolute Gasteiger partial charge is 0.386 e. The topological polar surface area (TPSA) is 99.6 Å². The lowest BCUT2D eigenvalue weighted by Crippen LogP contribution is -2.06. The second-order valence-corrected chi connectivity index (χ2v) is 1.47. The molecule has 4 nitrogen and oxygen atoms in total. The predicted octanol–water partition coefficient (Wildman–Crippen LogP) is -0.281. The summed E-state index contributed by atoms with van der Waals surface area (Å²) in [5.41, 5.74) is 10.0. The Morgan fingerprint density at radius 2 is 1.60 bits per heavy atom. The van der Waals surface area contributed by atoms with Crippen LogP contribution in [0.15, 0.2) is 23.5 Å². The summed E-state index contributed by atoms with van der Waals surface area (Å²) >= 11 is 0. The van der Waals surface area contributed by atoms with Crippen molar-refractivity contribution in [1.82, 2.24) is 0 Å². The minimum Gasteiger partial charge on any atom is -0.386 e. The normalized spacial score (nSPS) is 6.60. The maximum atomic E-state index is 8.19. The van der Waals surface area contributed by atoms with Gasteiger partial charge in [0.15, 0.2) is 0 Å². The smallest absolute Gasteiger partial charge is 0.129 e. The highest BCUT2D eigenvalue weighted by atomic mass is 14.8. The fourth-order valence-corrected chi connectivity index (χ4v) is 0.279. The van der Waals surface area contributed by atoms with E-state index in [1.165, 1.54) is 12.2 Å². The van der Waals surface area contributed by atoms with Crippen molar-refractivity contribution in [3.63, 3.8) is 0 Å². The minimum atomic E-state index is -0.0200. The number of hydrogen-bond acceptors (Lipinski definition) is 4. The van der Waals surface area contributed by atoms with Crippen LogP contribution in [0.5, 0.6) is 0 Å². The summed E-state index contributed by atoms with van der Waals surface area (Å²) in [6, 6.07) is 3.30. The van der Waals surface area contributed by atoms with Crippen LogP contribution in [-0.2, 0) is 0 Å². The zero-order valence-corrected chi connectivity index (χ0v) is 5.20. The third-order valence-corrected chi connectivity index (χ3v) is 0.683. The highest BCUT2D eigenvalue weighted by molar-refractivity contribution is 5.38. The molecule has 0 aromatic rings. The molecule has 50 valence electrons. The van der Waals surface area contributed by atoms with Crippen molar-refractivity contribution in [3.8, 4) is 12.1 Å². The van der Waals surface area contributed by atoms with Crippen molar-refractivity contribution >= 4 is 0 Å². The monoisotopic (exact) mass is 134 g/mol. The second-order valence-electron chi connectivity index (χ2n) is 1.47. The third-order valence-electron chi connectivity index (χ3n) is 0.683. The van der Waals surface area contributed by atoms with E-state index < -0.39 is 0 Å². The molecule has 0 saturated heterocycles. The average molecular weight is 134 g/mol. The molecule has 0 saturated carbocycles. The Hall–Kier alpha value is -1.94. The van der Waals surface area contributed by atoms with E-state index in [4.69, 9.17) is 22.0 Å². The molecule has 4 heteroatoms. The SMILES string of the molecule is N#CC(C#N)=CC=C(N)N. The molecule has 0 spiro atoms. The van der Waals surface area contributed by atoms with E-state index >= 15 is 0 Å². The van der Waals surface area contributed by atoms with E-state index in [0.717, 1.165) is 0 Å². The van der Waals surface area contributed by atoms with Gasteiger partial charge < -0.3 is 11.5 Å². The van der Waals surface area contributed by atoms with E-state index in [1.54, 1.807) is 12.1 Å². The first-order valence-electron chi connectivity index (χ1n) is 2.44. The summed E-state index contributed by atoms with van der Waals surface area (Å²) in [7, 11) is 0. The van der Waals surface area contributed by atoms with Gasteiger partial charge in [0, 0.05) is 0 Å². The molecular formula is C6H6N4. The van der Waals surface area contributed by atoms with Crippen LogP contribution in [0.4, 0.5) is 0 Å². The number of nitrogens with zero attached hydrogens (tertiary/aromatic N) is 2. The van der Waals surface area contributed by atoms with Gasteiger partial charge in [-0.05, 0) is 12.2 Å². The Morgan fingerprint density at radius 1 is 1.10 bits per heavy atom. The Morgan fingerprint density at radius 3 is 1.90 bits per heavy atom. The first-order valence-corrected chi connectivity index (χ1v) is 2.44. The molecule has 0 aliphatic carbocycles. The van der Waals surface area contributed by atoms with Crippen LogP contribution < -0.4 is 11.5 Å². The van der Waals surface area contributed by atoms with Crippen molar-refractivity contribution in [3.05, 3.63) is 23.5 Å². The van der Waals surface area contributed by atoms with E-state index in [1.807, 2.05) is 0 Å². The number of allylic oxidation sites excluding steroid dienone is 3. The Bertz CT molecular complexity index is 228. The molecule has 0 aromatic heterocycles. The molecule has 0 aliphatic rings. The Kier molecular flexibility index (Phi) is 3.22. The van der Waals surface area contributed by atoms with Crippen LogP contribution in [0, 0.1) is 22.7 Å². The zero-order valence-electron chi connectivity index (χ0n) is 5.20. The number of nitriles is 2. The molecule has 0 bridgehead atoms. The van der Waals surface area contributed by atoms with Crippen molar-refractivity contribution < 1.29 is 0 Å². The lowest BCUT2D eigenvalue weighted by Gasteiger charge is -1.82. The van der Waals surface area contributed by atoms with Gasteiger partial charge in [0.1, 0.15) is 17.7 Å². The summed E-state index contributed by atoms with van der Waals surface area (Å²) in [5, 5.41) is 16.4. The van der Waals surface area contributed by atoms with Gasteiger partial charge in [0.05, 0.1) is 5.82 Å². The van der Waals surface area contributed by atoms with Crippen LogP contribution >= 0.6 is 0 Å². The number of rotatable bonds is 1. The van der Waals surface area contributed by atoms with Gasteiger partial charge in [-0.1, -0.05) is 0 Å². The van der Waals surface area contributed by atoms with E-state index in [-0.39, 0.29) is 11.4 Å². The minimum absolute atomic E-state index is 0.0200. The fraction of sp³-hybridized carbons (Fsp3) is 0. The van der Waals surface area contributed by atoms with Crippen molar-refractivity contribution in [2.75, 3.05) is 0 Å². The quantitative estimate of drug-likeness (QED) is 0.380. The molecular weight excluding hydrogens is 128 g/mol. The number of nitrogens with two attached hydrogens (primary N) is 2. The summed E-state index contributed by atoms with van der Waals surface area (Å²) in [4.78, 5) is 0. The van der Waals surface area contributed by atoms with Gasteiger partial charge >= 0.3 is 0 Å². The zero-order chi connectivity index (χ0) is 7.98. The van der Waals surface area contributed by atoms with Gasteiger partial charge in [-0.25, -0.2) is 0 Å². The molecule has 10 heavy (non-hydrogen) atoms. The molecule has 0 heterocycles. The first kappa shape index (κ1) is 8.06. The molecule has 0 rings (SSSR count). The summed E-state index contributed by atoms with van der Waals surface area (Å²) in [6.07, 6.45) is 2.55. The summed E-state index contributed by atoms with van der Waals surface area (Å²) in [5.74, 6) is 0.0722. The van der Waals surface area contributed by atoms with Gasteiger partial charge in [0.25, 0.3) is 0 Å². The highest BCUT2D eigenvalue weighted by Crippen LogP contribution is 1.88. The fourth-order valence-electron chi connectivity index (χ4n) is 0.279. The van der Waals surface area contributed by atoms with Gasteiger partial charge in [-0.2, -0.15) is 10.5 Å². The molecule has 0 atom stereocenters. The highest BCUT2D eigenvalue weighted by Gasteiger charge is 1.85. The van der Waals surface area contributed by atoms with Crippen LogP contribution in [0.1, 0.15) is 0 Å². The van der Waals surface area contributed by atoms with Crippen LogP contribution in [0.2, 0.25) is 0 Å². The Labute approximate surface area is 58.6 Å². The molecule has 0 radical (unpaired) electrons. The molecule has 0 amide bonds. The standard InChI is InChI=1S/C6H6N4/c7-3-5(4-8)1-2-6(9)10/h1-2H,9-10H2. The molecule has 4 N–H and O–H groups in total. The van der Waals surface area contributed by atoms with Crippen LogP contribution in [0.3, 0.4) is 0 Å². The second kappa shape index (κ2) is 3.99. The van der Waals surface area contributed by atoms with Gasteiger partial charge in [-0.3, -0.25) is 0 Å². The molecule has 0 fully saturated rings. The average Bonchev–Trinajstić information content (AvgIpc) is 1.90. The summed E-state index contributed by atoms with van der Waals surface area (Å²) < 4.78 is 0. The Balaban J connectivity index is 4.36. The maximum Gasteiger partial charge on any atom is 0.129 e. The van der Waals surface area contributed by atoms with Gasteiger partial charge in [0.2, 0.25) is 0 Å². The van der Waals surface area contributed by atoms with Crippen LogP contribution in [0.25, 0.3) is 0 Å². The van der Waals surface area contributed by atoms with Crippen molar-refractivity contribution in [1.29, 1.82) is 10.5 Å². The molecule has 0 aromatic carbocycles. The van der Waals surface area contributed by atoms with Crippen LogP contribution in [-0.4, -0.2) is 0 Å². The lowest BCUT2D eigenvalue weighted by molar-refractivity contribution is 1.25. The van der Waals surface area contributed by atoms with Crippen molar-refractivity contribution in [2.45, 2.75) is 0 Å². The first-order chi connectivity index (χ1) is 4.70.